The minimum atomic E-state index is -0.796. The lowest BCUT2D eigenvalue weighted by atomic mass is 9.82. The van der Waals surface area contributed by atoms with Gasteiger partial charge < -0.3 is 5.73 Å². The first-order valence-corrected chi connectivity index (χ1v) is 11.3. The number of hydrogen-bond acceptors (Lipinski definition) is 5. The highest BCUT2D eigenvalue weighted by molar-refractivity contribution is 5.89. The van der Waals surface area contributed by atoms with E-state index in [0.29, 0.717) is 18.9 Å². The maximum absolute atomic E-state index is 13.3. The average molecular weight is 445 g/mol. The van der Waals surface area contributed by atoms with Crippen molar-refractivity contribution in [1.82, 2.24) is 15.9 Å². The van der Waals surface area contributed by atoms with Crippen LogP contribution in [0.25, 0.3) is 6.08 Å². The Hall–Kier alpha value is -2.71. The first-order valence-electron chi connectivity index (χ1n) is 11.3. The van der Waals surface area contributed by atoms with Crippen LogP contribution in [-0.2, 0) is 14.4 Å². The summed E-state index contributed by atoms with van der Waals surface area (Å²) in [6, 6.07) is 8.87. The van der Waals surface area contributed by atoms with Crippen LogP contribution in [0.1, 0.15) is 52.0 Å². The van der Waals surface area contributed by atoms with Crippen molar-refractivity contribution in [3.63, 3.8) is 0 Å². The molecule has 8 nitrogen and oxygen atoms in total. The molecule has 8 heteroatoms. The first kappa shape index (κ1) is 25.5. The van der Waals surface area contributed by atoms with Gasteiger partial charge in [0.15, 0.2) is 0 Å². The van der Waals surface area contributed by atoms with Gasteiger partial charge in [0, 0.05) is 6.54 Å². The Bertz CT molecular complexity index is 790. The molecule has 0 radical (unpaired) electrons. The van der Waals surface area contributed by atoms with E-state index in [1.165, 1.54) is 5.01 Å². The van der Waals surface area contributed by atoms with Crippen LogP contribution in [0, 0.1) is 23.7 Å². The fourth-order valence-corrected chi connectivity index (χ4v) is 3.62. The maximum atomic E-state index is 13.3. The lowest BCUT2D eigenvalue weighted by molar-refractivity contribution is -0.148. The van der Waals surface area contributed by atoms with Crippen molar-refractivity contribution < 1.29 is 19.6 Å². The molecule has 3 atom stereocenters. The molecule has 32 heavy (non-hydrogen) atoms. The minimum Gasteiger partial charge on any atom is -0.320 e. The molecule has 0 heterocycles. The van der Waals surface area contributed by atoms with Crippen molar-refractivity contribution >= 4 is 23.8 Å². The number of carbonyl (C=O) groups excluding carboxylic acids is 3. The number of benzene rings is 1. The maximum Gasteiger partial charge on any atom is 0.257 e. The van der Waals surface area contributed by atoms with Gasteiger partial charge in [0.2, 0.25) is 11.8 Å². The smallest absolute Gasteiger partial charge is 0.257 e. The van der Waals surface area contributed by atoms with Crippen LogP contribution in [0.15, 0.2) is 36.4 Å². The molecule has 1 saturated carbocycles. The quantitative estimate of drug-likeness (QED) is 0.308. The Labute approximate surface area is 190 Å². The molecule has 0 spiro atoms. The molecule has 1 aromatic rings. The third-order valence-electron chi connectivity index (χ3n) is 5.53. The topological polar surface area (TPSA) is 125 Å². The lowest BCUT2D eigenvalue weighted by Gasteiger charge is -2.30. The number of nitrogens with one attached hydrogen (secondary N) is 2. The summed E-state index contributed by atoms with van der Waals surface area (Å²) < 4.78 is 0. The van der Waals surface area contributed by atoms with Crippen molar-refractivity contribution in [2.45, 2.75) is 52.5 Å². The Morgan fingerprint density at radius 1 is 1.12 bits per heavy atom. The number of nitrogens with two attached hydrogens (primary N) is 1. The van der Waals surface area contributed by atoms with Gasteiger partial charge in [0.05, 0.1) is 17.9 Å². The highest BCUT2D eigenvalue weighted by Crippen LogP contribution is 2.30. The molecule has 3 amide bonds. The van der Waals surface area contributed by atoms with Crippen LogP contribution in [0.3, 0.4) is 0 Å². The van der Waals surface area contributed by atoms with Gasteiger partial charge in [-0.2, -0.15) is 0 Å². The summed E-state index contributed by atoms with van der Waals surface area (Å²) in [7, 11) is 0. The van der Waals surface area contributed by atoms with Gasteiger partial charge in [0.1, 0.15) is 0 Å². The second-order valence-corrected chi connectivity index (χ2v) is 9.02. The highest BCUT2D eigenvalue weighted by atomic mass is 16.5. The van der Waals surface area contributed by atoms with E-state index in [1.54, 1.807) is 12.4 Å². The molecular formula is C24H36N4O4. The van der Waals surface area contributed by atoms with Crippen LogP contribution in [0.5, 0.6) is 0 Å². The van der Waals surface area contributed by atoms with Gasteiger partial charge in [-0.15, -0.1) is 0 Å². The molecule has 1 fully saturated rings. The van der Waals surface area contributed by atoms with Gasteiger partial charge in [-0.05, 0) is 50.0 Å². The van der Waals surface area contributed by atoms with Crippen LogP contribution in [0.4, 0.5) is 0 Å². The van der Waals surface area contributed by atoms with Crippen LogP contribution < -0.4 is 16.6 Å². The third kappa shape index (κ3) is 8.09. The zero-order valence-electron chi connectivity index (χ0n) is 19.2. The number of nitrogens with zero attached hydrogens (tertiary/aromatic N) is 1. The number of allylic oxidation sites excluding steroid dienone is 1. The number of hydrazine groups is 1. The Kier molecular flexibility index (Phi) is 9.87. The number of rotatable bonds is 11. The predicted octanol–water partition coefficient (Wildman–Crippen LogP) is 2.49. The fourth-order valence-electron chi connectivity index (χ4n) is 3.62. The molecule has 1 aliphatic rings. The molecule has 0 saturated heterocycles. The van der Waals surface area contributed by atoms with E-state index in [1.807, 2.05) is 56.3 Å². The number of hydrogen-bond donors (Lipinski definition) is 4. The van der Waals surface area contributed by atoms with E-state index < -0.39 is 29.7 Å². The van der Waals surface area contributed by atoms with Gasteiger partial charge in [0.25, 0.3) is 5.91 Å². The molecule has 0 unspecified atom stereocenters. The number of amides is 3. The summed E-state index contributed by atoms with van der Waals surface area (Å²) in [5.74, 6) is -2.46. The second kappa shape index (κ2) is 12.4. The SMILES string of the molecule is CC(C)C[C@@H](C(=O)NN(CC1CC1)C(=O)[C@@H](C)N)[C@H](CC=Cc1ccccc1)C(=O)NO. The largest absolute Gasteiger partial charge is 0.320 e. The summed E-state index contributed by atoms with van der Waals surface area (Å²) >= 11 is 0. The molecule has 1 aliphatic carbocycles. The Balaban J connectivity index is 2.20. The first-order chi connectivity index (χ1) is 15.2. The van der Waals surface area contributed by atoms with E-state index in [-0.39, 0.29) is 18.2 Å². The normalized spacial score (nSPS) is 16.4. The number of carbonyl (C=O) groups is 3. The average Bonchev–Trinajstić information content (AvgIpc) is 3.58. The van der Waals surface area contributed by atoms with Crippen LogP contribution >= 0.6 is 0 Å². The van der Waals surface area contributed by atoms with E-state index in [9.17, 15) is 19.6 Å². The zero-order chi connectivity index (χ0) is 23.7. The molecule has 0 aliphatic heterocycles. The highest BCUT2D eigenvalue weighted by Gasteiger charge is 2.36. The lowest BCUT2D eigenvalue weighted by Crippen LogP contribution is -2.55. The summed E-state index contributed by atoms with van der Waals surface area (Å²) in [6.07, 6.45) is 6.40. The fraction of sp³-hybridized carbons (Fsp3) is 0.542. The van der Waals surface area contributed by atoms with Crippen molar-refractivity contribution in [3.8, 4) is 0 Å². The summed E-state index contributed by atoms with van der Waals surface area (Å²) in [5.41, 5.74) is 11.2. The second-order valence-electron chi connectivity index (χ2n) is 9.02. The minimum absolute atomic E-state index is 0.124. The molecular weight excluding hydrogens is 408 g/mol. The van der Waals surface area contributed by atoms with Crippen molar-refractivity contribution in [2.75, 3.05) is 6.54 Å². The molecule has 0 bridgehead atoms. The molecule has 5 N–H and O–H groups in total. The van der Waals surface area contributed by atoms with Crippen LogP contribution in [-0.4, -0.2) is 40.5 Å². The summed E-state index contributed by atoms with van der Waals surface area (Å²) in [4.78, 5) is 38.3. The van der Waals surface area contributed by atoms with Crippen molar-refractivity contribution in [2.24, 2.45) is 29.4 Å². The van der Waals surface area contributed by atoms with Gasteiger partial charge in [-0.25, -0.2) is 5.48 Å². The van der Waals surface area contributed by atoms with Gasteiger partial charge >= 0.3 is 0 Å². The van der Waals surface area contributed by atoms with Crippen LogP contribution in [0.2, 0.25) is 0 Å². The van der Waals surface area contributed by atoms with E-state index in [0.717, 1.165) is 18.4 Å². The summed E-state index contributed by atoms with van der Waals surface area (Å²) in [6.45, 7) is 5.91. The predicted molar refractivity (Wildman–Crippen MR) is 123 cm³/mol. The number of hydroxylamine groups is 1. The standard InChI is InChI=1S/C24H36N4O4/c1-16(2)14-21(22(29)26-28(15-19-12-13-19)24(31)17(3)25)20(23(30)27-32)11-7-10-18-8-5-4-6-9-18/h4-10,16-17,19-21,32H,11-15,25H2,1-3H3,(H,26,29)(H,27,30)/t17-,20+,21-/m1/s1. The van der Waals surface area contributed by atoms with Gasteiger partial charge in [-0.3, -0.25) is 30.0 Å². The molecule has 176 valence electrons. The molecule has 1 aromatic carbocycles. The molecule has 0 aromatic heterocycles. The van der Waals surface area contributed by atoms with E-state index in [2.05, 4.69) is 5.43 Å². The Morgan fingerprint density at radius 2 is 1.78 bits per heavy atom. The third-order valence-corrected chi connectivity index (χ3v) is 5.53. The van der Waals surface area contributed by atoms with E-state index in [4.69, 9.17) is 5.73 Å². The van der Waals surface area contributed by atoms with Gasteiger partial charge in [-0.1, -0.05) is 56.3 Å². The molecule has 2 rings (SSSR count). The monoisotopic (exact) mass is 444 g/mol. The van der Waals surface area contributed by atoms with Crippen molar-refractivity contribution in [3.05, 3.63) is 42.0 Å². The zero-order valence-corrected chi connectivity index (χ0v) is 19.2. The summed E-state index contributed by atoms with van der Waals surface area (Å²) in [5, 5.41) is 10.6. The Morgan fingerprint density at radius 3 is 2.31 bits per heavy atom. The van der Waals surface area contributed by atoms with E-state index >= 15 is 0 Å². The van der Waals surface area contributed by atoms with Crippen molar-refractivity contribution in [1.29, 1.82) is 0 Å².